The van der Waals surface area contributed by atoms with Crippen LogP contribution in [0.25, 0.3) is 11.3 Å². The molecule has 142 valence electrons. The van der Waals surface area contributed by atoms with Gasteiger partial charge in [-0.1, -0.05) is 12.1 Å². The summed E-state index contributed by atoms with van der Waals surface area (Å²) >= 11 is 1.03. The molecule has 0 saturated carbocycles. The van der Waals surface area contributed by atoms with Gasteiger partial charge in [-0.2, -0.15) is 13.2 Å². The summed E-state index contributed by atoms with van der Waals surface area (Å²) in [6.07, 6.45) is -3.48. The molecule has 27 heavy (non-hydrogen) atoms. The monoisotopic (exact) mass is 415 g/mol. The molecule has 3 aromatic rings. The van der Waals surface area contributed by atoms with E-state index in [1.807, 2.05) is 0 Å². The van der Waals surface area contributed by atoms with Gasteiger partial charge in [0.15, 0.2) is 15.6 Å². The van der Waals surface area contributed by atoms with Gasteiger partial charge < -0.3 is 9.73 Å². The van der Waals surface area contributed by atoms with Gasteiger partial charge in [-0.15, -0.1) is 11.3 Å². The average Bonchev–Trinajstić information content (AvgIpc) is 3.23. The molecule has 0 fully saturated rings. The molecule has 1 amide bonds. The van der Waals surface area contributed by atoms with E-state index in [0.29, 0.717) is 0 Å². The minimum absolute atomic E-state index is 0.0227. The summed E-state index contributed by atoms with van der Waals surface area (Å²) in [5.74, 6) is -0.781. The molecule has 0 atom stereocenters. The zero-order chi connectivity index (χ0) is 19.8. The zero-order valence-electron chi connectivity index (χ0n) is 13.7. The molecule has 0 aliphatic carbocycles. The van der Waals surface area contributed by atoms with Crippen LogP contribution in [0.2, 0.25) is 0 Å². The Hall–Kier alpha value is -2.59. The first kappa shape index (κ1) is 19.2. The van der Waals surface area contributed by atoms with Crippen molar-refractivity contribution in [1.29, 1.82) is 0 Å². The lowest BCUT2D eigenvalue weighted by atomic mass is 10.1. The van der Waals surface area contributed by atoms with Crippen molar-refractivity contribution in [2.24, 2.45) is 0 Å². The highest BCUT2D eigenvalue weighted by Crippen LogP contribution is 2.33. The van der Waals surface area contributed by atoms with Gasteiger partial charge in [-0.3, -0.25) is 4.79 Å². The number of halogens is 3. The van der Waals surface area contributed by atoms with Crippen LogP contribution in [0, 0.1) is 0 Å². The number of nitrogens with one attached hydrogen (secondary N) is 1. The lowest BCUT2D eigenvalue weighted by Crippen LogP contribution is -2.12. The van der Waals surface area contributed by atoms with Crippen molar-refractivity contribution in [3.05, 3.63) is 59.2 Å². The summed E-state index contributed by atoms with van der Waals surface area (Å²) in [6.45, 7) is 0. The second-order valence-electron chi connectivity index (χ2n) is 5.58. The van der Waals surface area contributed by atoms with Gasteiger partial charge in [0, 0.05) is 11.8 Å². The lowest BCUT2D eigenvalue weighted by molar-refractivity contribution is -0.137. The standard InChI is InChI=1S/C17H12F3NO4S2/c1-27(23,24)14-7-8-26-16(14)21-15(22)13-6-5-12(25-13)10-3-2-4-11(9-10)17(18,19)20/h2-9H,1H3,(H,21,22). The number of benzene rings is 1. The smallest absolute Gasteiger partial charge is 0.416 e. The summed E-state index contributed by atoms with van der Waals surface area (Å²) in [5, 5.41) is 4.09. The minimum atomic E-state index is -4.50. The van der Waals surface area contributed by atoms with Gasteiger partial charge in [0.05, 0.1) is 5.56 Å². The third-order valence-corrected chi connectivity index (χ3v) is 5.66. The van der Waals surface area contributed by atoms with Crippen molar-refractivity contribution in [2.45, 2.75) is 11.1 Å². The first-order chi connectivity index (χ1) is 12.6. The van der Waals surface area contributed by atoms with Crippen molar-refractivity contribution in [2.75, 3.05) is 11.6 Å². The molecule has 1 aromatic carbocycles. The summed E-state index contributed by atoms with van der Waals surface area (Å²) < 4.78 is 67.2. The van der Waals surface area contributed by atoms with Crippen LogP contribution in [-0.4, -0.2) is 20.6 Å². The van der Waals surface area contributed by atoms with Crippen molar-refractivity contribution in [1.82, 2.24) is 0 Å². The number of rotatable bonds is 4. The lowest BCUT2D eigenvalue weighted by Gasteiger charge is -2.07. The fourth-order valence-corrected chi connectivity index (χ4v) is 4.37. The SMILES string of the molecule is CS(=O)(=O)c1ccsc1NC(=O)c1ccc(-c2cccc(C(F)(F)F)c2)o1. The molecule has 0 aliphatic rings. The van der Waals surface area contributed by atoms with E-state index in [0.717, 1.165) is 29.7 Å². The van der Waals surface area contributed by atoms with Crippen LogP contribution in [-0.2, 0) is 16.0 Å². The summed E-state index contributed by atoms with van der Waals surface area (Å²) in [5.41, 5.74) is -0.671. The molecule has 0 saturated heterocycles. The van der Waals surface area contributed by atoms with E-state index in [-0.39, 0.29) is 27.0 Å². The molecule has 0 spiro atoms. The first-order valence-corrected chi connectivity index (χ1v) is 10.2. The van der Waals surface area contributed by atoms with E-state index in [1.165, 1.54) is 35.7 Å². The van der Waals surface area contributed by atoms with E-state index in [2.05, 4.69) is 5.32 Å². The maximum absolute atomic E-state index is 12.8. The van der Waals surface area contributed by atoms with Gasteiger partial charge in [-0.05, 0) is 35.7 Å². The summed E-state index contributed by atoms with van der Waals surface area (Å²) in [7, 11) is -3.52. The fourth-order valence-electron chi connectivity index (χ4n) is 2.31. The molecule has 0 bridgehead atoms. The Morgan fingerprint density at radius 3 is 2.56 bits per heavy atom. The molecule has 1 N–H and O–H groups in total. The van der Waals surface area contributed by atoms with Gasteiger partial charge >= 0.3 is 6.18 Å². The van der Waals surface area contributed by atoms with Gasteiger partial charge in [-0.25, -0.2) is 8.42 Å². The van der Waals surface area contributed by atoms with Crippen LogP contribution < -0.4 is 5.32 Å². The number of hydrogen-bond acceptors (Lipinski definition) is 5. The predicted octanol–water partition coefficient (Wildman–Crippen LogP) is 4.68. The Bertz CT molecular complexity index is 1100. The fraction of sp³-hybridized carbons (Fsp3) is 0.118. The second-order valence-corrected chi connectivity index (χ2v) is 8.48. The van der Waals surface area contributed by atoms with Crippen LogP contribution in [0.4, 0.5) is 18.2 Å². The molecule has 2 aromatic heterocycles. The van der Waals surface area contributed by atoms with E-state index in [4.69, 9.17) is 4.42 Å². The molecule has 5 nitrogen and oxygen atoms in total. The highest BCUT2D eigenvalue weighted by Gasteiger charge is 2.30. The van der Waals surface area contributed by atoms with Crippen molar-refractivity contribution >= 4 is 32.1 Å². The highest BCUT2D eigenvalue weighted by atomic mass is 32.2. The number of hydrogen-bond donors (Lipinski definition) is 1. The Morgan fingerprint density at radius 1 is 1.15 bits per heavy atom. The Morgan fingerprint density at radius 2 is 1.89 bits per heavy atom. The van der Waals surface area contributed by atoms with E-state index in [9.17, 15) is 26.4 Å². The van der Waals surface area contributed by atoms with Crippen LogP contribution in [0.15, 0.2) is 57.2 Å². The third kappa shape index (κ3) is 4.22. The molecule has 2 heterocycles. The van der Waals surface area contributed by atoms with E-state index >= 15 is 0 Å². The molecule has 3 rings (SSSR count). The molecule has 10 heteroatoms. The Balaban J connectivity index is 1.84. The average molecular weight is 415 g/mol. The van der Waals surface area contributed by atoms with Crippen molar-refractivity contribution < 1.29 is 30.8 Å². The summed E-state index contributed by atoms with van der Waals surface area (Å²) in [6, 6.07) is 8.56. The van der Waals surface area contributed by atoms with Gasteiger partial charge in [0.1, 0.15) is 15.7 Å². The molecule has 0 aliphatic heterocycles. The Labute approximate surface area is 156 Å². The molecular formula is C17H12F3NO4S2. The molecular weight excluding hydrogens is 403 g/mol. The number of amides is 1. The van der Waals surface area contributed by atoms with E-state index < -0.39 is 27.5 Å². The number of anilines is 1. The van der Waals surface area contributed by atoms with Crippen molar-refractivity contribution in [3.63, 3.8) is 0 Å². The number of carbonyl (C=O) groups is 1. The van der Waals surface area contributed by atoms with Gasteiger partial charge in [0.25, 0.3) is 5.91 Å². The quantitative estimate of drug-likeness (QED) is 0.671. The number of thiophene rings is 1. The maximum atomic E-state index is 12.8. The predicted molar refractivity (Wildman–Crippen MR) is 94.5 cm³/mol. The largest absolute Gasteiger partial charge is 0.451 e. The molecule has 0 radical (unpaired) electrons. The first-order valence-electron chi connectivity index (χ1n) is 7.42. The second kappa shape index (κ2) is 6.86. The number of alkyl halides is 3. The minimum Gasteiger partial charge on any atom is -0.451 e. The molecule has 0 unspecified atom stereocenters. The summed E-state index contributed by atoms with van der Waals surface area (Å²) in [4.78, 5) is 12.3. The maximum Gasteiger partial charge on any atom is 0.416 e. The van der Waals surface area contributed by atoms with Crippen LogP contribution in [0.5, 0.6) is 0 Å². The van der Waals surface area contributed by atoms with Crippen LogP contribution >= 0.6 is 11.3 Å². The topological polar surface area (TPSA) is 76.4 Å². The Kier molecular flexibility index (Phi) is 4.87. The van der Waals surface area contributed by atoms with Crippen LogP contribution in [0.3, 0.4) is 0 Å². The zero-order valence-corrected chi connectivity index (χ0v) is 15.3. The number of carbonyl (C=O) groups excluding carboxylic acids is 1. The van der Waals surface area contributed by atoms with Crippen LogP contribution in [0.1, 0.15) is 16.1 Å². The normalized spacial score (nSPS) is 12.1. The van der Waals surface area contributed by atoms with Gasteiger partial charge in [0.2, 0.25) is 0 Å². The highest BCUT2D eigenvalue weighted by molar-refractivity contribution is 7.91. The van der Waals surface area contributed by atoms with Crippen molar-refractivity contribution in [3.8, 4) is 11.3 Å². The van der Waals surface area contributed by atoms with E-state index in [1.54, 1.807) is 0 Å². The number of furan rings is 1. The number of sulfone groups is 1. The third-order valence-electron chi connectivity index (χ3n) is 3.56.